The van der Waals surface area contributed by atoms with E-state index in [2.05, 4.69) is 0 Å². The molecule has 1 heterocycles. The Bertz CT molecular complexity index is 249. The maximum atomic E-state index is 11.7. The van der Waals surface area contributed by atoms with Crippen molar-refractivity contribution in [2.45, 2.75) is 44.9 Å². The predicted molar refractivity (Wildman–Crippen MR) is 59.2 cm³/mol. The van der Waals surface area contributed by atoms with Crippen LogP contribution in [0.4, 0.5) is 4.79 Å². The number of carbonyl (C=O) groups excluding carboxylic acids is 1. The number of rotatable bonds is 3. The van der Waals surface area contributed by atoms with Crippen LogP contribution in [0.25, 0.3) is 0 Å². The SMILES string of the molecule is COCC[C@@H]1[C@H](O)CN1C(=O)OC(C)(C)C. The first-order chi connectivity index (χ1) is 7.35. The van der Waals surface area contributed by atoms with Crippen LogP contribution >= 0.6 is 0 Å². The van der Waals surface area contributed by atoms with Crippen LogP contribution in [0.1, 0.15) is 27.2 Å². The van der Waals surface area contributed by atoms with E-state index in [1.807, 2.05) is 20.8 Å². The van der Waals surface area contributed by atoms with Gasteiger partial charge in [-0.3, -0.25) is 4.90 Å². The molecular weight excluding hydrogens is 210 g/mol. The first-order valence-corrected chi connectivity index (χ1v) is 5.52. The van der Waals surface area contributed by atoms with Crippen molar-refractivity contribution in [3.63, 3.8) is 0 Å². The van der Waals surface area contributed by atoms with Gasteiger partial charge in [0.1, 0.15) is 5.60 Å². The number of hydrogen-bond donors (Lipinski definition) is 1. The van der Waals surface area contributed by atoms with Crippen LogP contribution in [0.15, 0.2) is 0 Å². The molecule has 5 nitrogen and oxygen atoms in total. The highest BCUT2D eigenvalue weighted by Crippen LogP contribution is 2.24. The fraction of sp³-hybridized carbons (Fsp3) is 0.909. The lowest BCUT2D eigenvalue weighted by Crippen LogP contribution is -2.63. The highest BCUT2D eigenvalue weighted by molar-refractivity contribution is 5.70. The van der Waals surface area contributed by atoms with Crippen molar-refractivity contribution in [3.8, 4) is 0 Å². The lowest BCUT2D eigenvalue weighted by Gasteiger charge is -2.45. The molecule has 1 N–H and O–H groups in total. The van der Waals surface area contributed by atoms with Crippen LogP contribution < -0.4 is 0 Å². The third-order valence-corrected chi connectivity index (χ3v) is 2.47. The minimum Gasteiger partial charge on any atom is -0.444 e. The minimum atomic E-state index is -0.497. The fourth-order valence-electron chi connectivity index (χ4n) is 1.65. The number of carbonyl (C=O) groups is 1. The number of likely N-dealkylation sites (tertiary alicyclic amines) is 1. The molecule has 0 unspecified atom stereocenters. The standard InChI is InChI=1S/C11H21NO4/c1-11(2,3)16-10(14)12-7-9(13)8(12)5-6-15-4/h8-9,13H,5-7H2,1-4H3/t8-,9-/m1/s1. The van der Waals surface area contributed by atoms with E-state index >= 15 is 0 Å². The molecule has 0 aromatic carbocycles. The summed E-state index contributed by atoms with van der Waals surface area (Å²) in [5.74, 6) is 0. The van der Waals surface area contributed by atoms with Crippen molar-refractivity contribution in [1.29, 1.82) is 0 Å². The van der Waals surface area contributed by atoms with Crippen molar-refractivity contribution in [3.05, 3.63) is 0 Å². The second-order valence-electron chi connectivity index (χ2n) is 5.05. The van der Waals surface area contributed by atoms with Crippen molar-refractivity contribution in [2.75, 3.05) is 20.3 Å². The van der Waals surface area contributed by atoms with Gasteiger partial charge < -0.3 is 14.6 Å². The maximum absolute atomic E-state index is 11.7. The Labute approximate surface area is 96.3 Å². The third kappa shape index (κ3) is 3.35. The van der Waals surface area contributed by atoms with Crippen LogP contribution in [0.3, 0.4) is 0 Å². The molecule has 0 aromatic heterocycles. The van der Waals surface area contributed by atoms with E-state index in [9.17, 15) is 9.90 Å². The van der Waals surface area contributed by atoms with Crippen LogP contribution in [0.5, 0.6) is 0 Å². The molecule has 1 saturated heterocycles. The number of nitrogens with zero attached hydrogens (tertiary/aromatic N) is 1. The van der Waals surface area contributed by atoms with Crippen LogP contribution in [0, 0.1) is 0 Å². The number of β-amino-alcohol motifs (C(OH)–C–C–N with tert-alkyl or cyclic N) is 1. The molecule has 1 aliphatic heterocycles. The van der Waals surface area contributed by atoms with Gasteiger partial charge in [-0.05, 0) is 27.2 Å². The van der Waals surface area contributed by atoms with Crippen molar-refractivity contribution in [1.82, 2.24) is 4.90 Å². The van der Waals surface area contributed by atoms with Gasteiger partial charge in [-0.15, -0.1) is 0 Å². The second kappa shape index (κ2) is 5.01. The topological polar surface area (TPSA) is 59.0 Å². The molecule has 5 heteroatoms. The number of ether oxygens (including phenoxy) is 2. The van der Waals surface area contributed by atoms with E-state index in [0.29, 0.717) is 19.6 Å². The average Bonchev–Trinajstić information content (AvgIpc) is 2.11. The van der Waals surface area contributed by atoms with Gasteiger partial charge in [0.05, 0.1) is 18.7 Å². The normalized spacial score (nSPS) is 25.2. The molecule has 1 rings (SSSR count). The van der Waals surface area contributed by atoms with Gasteiger partial charge in [0.15, 0.2) is 0 Å². The van der Waals surface area contributed by atoms with Crippen LogP contribution in [-0.2, 0) is 9.47 Å². The van der Waals surface area contributed by atoms with E-state index in [1.165, 1.54) is 0 Å². The monoisotopic (exact) mass is 231 g/mol. The number of aliphatic hydroxyl groups excluding tert-OH is 1. The first-order valence-electron chi connectivity index (χ1n) is 5.52. The molecule has 16 heavy (non-hydrogen) atoms. The number of aliphatic hydroxyl groups is 1. The molecule has 94 valence electrons. The van der Waals surface area contributed by atoms with E-state index < -0.39 is 11.7 Å². The van der Waals surface area contributed by atoms with Crippen molar-refractivity contribution in [2.24, 2.45) is 0 Å². The zero-order chi connectivity index (χ0) is 12.3. The zero-order valence-corrected chi connectivity index (χ0v) is 10.4. The Morgan fingerprint density at radius 3 is 2.56 bits per heavy atom. The molecule has 1 amide bonds. The highest BCUT2D eigenvalue weighted by atomic mass is 16.6. The molecule has 0 aliphatic carbocycles. The quantitative estimate of drug-likeness (QED) is 0.787. The Balaban J connectivity index is 2.45. The highest BCUT2D eigenvalue weighted by Gasteiger charge is 2.42. The number of methoxy groups -OCH3 is 1. The first kappa shape index (κ1) is 13.3. The lowest BCUT2D eigenvalue weighted by molar-refractivity contribution is -0.0777. The van der Waals surface area contributed by atoms with Gasteiger partial charge in [-0.2, -0.15) is 0 Å². The molecule has 0 bridgehead atoms. The molecule has 0 spiro atoms. The van der Waals surface area contributed by atoms with E-state index in [0.717, 1.165) is 0 Å². The second-order valence-corrected chi connectivity index (χ2v) is 5.05. The third-order valence-electron chi connectivity index (χ3n) is 2.47. The molecule has 1 fully saturated rings. The smallest absolute Gasteiger partial charge is 0.410 e. The maximum Gasteiger partial charge on any atom is 0.410 e. The molecule has 0 saturated carbocycles. The molecule has 2 atom stereocenters. The summed E-state index contributed by atoms with van der Waals surface area (Å²) in [5, 5.41) is 9.55. The Kier molecular flexibility index (Phi) is 4.15. The minimum absolute atomic E-state index is 0.171. The predicted octanol–water partition coefficient (Wildman–Crippen LogP) is 1.00. The molecule has 1 aliphatic rings. The van der Waals surface area contributed by atoms with Gasteiger partial charge in [0.25, 0.3) is 0 Å². The van der Waals surface area contributed by atoms with E-state index in [4.69, 9.17) is 9.47 Å². The van der Waals surface area contributed by atoms with E-state index in [-0.39, 0.29) is 12.1 Å². The fourth-order valence-corrected chi connectivity index (χ4v) is 1.65. The summed E-state index contributed by atoms with van der Waals surface area (Å²) in [6, 6.07) is -0.171. The lowest BCUT2D eigenvalue weighted by atomic mass is 9.97. The Morgan fingerprint density at radius 1 is 1.50 bits per heavy atom. The summed E-state index contributed by atoms with van der Waals surface area (Å²) >= 11 is 0. The summed E-state index contributed by atoms with van der Waals surface area (Å²) in [7, 11) is 1.60. The summed E-state index contributed by atoms with van der Waals surface area (Å²) in [4.78, 5) is 13.3. The van der Waals surface area contributed by atoms with Gasteiger partial charge in [-0.25, -0.2) is 4.79 Å². The summed E-state index contributed by atoms with van der Waals surface area (Å²) in [5.41, 5.74) is -0.497. The van der Waals surface area contributed by atoms with Gasteiger partial charge in [0.2, 0.25) is 0 Å². The Morgan fingerprint density at radius 2 is 2.12 bits per heavy atom. The van der Waals surface area contributed by atoms with Gasteiger partial charge >= 0.3 is 6.09 Å². The van der Waals surface area contributed by atoms with Crippen molar-refractivity contribution < 1.29 is 19.4 Å². The summed E-state index contributed by atoms with van der Waals surface area (Å²) in [6.07, 6.45) is -0.182. The largest absolute Gasteiger partial charge is 0.444 e. The van der Waals surface area contributed by atoms with Gasteiger partial charge in [0, 0.05) is 13.7 Å². The number of hydrogen-bond acceptors (Lipinski definition) is 4. The van der Waals surface area contributed by atoms with Crippen LogP contribution in [0.2, 0.25) is 0 Å². The number of amides is 1. The molecular formula is C11H21NO4. The average molecular weight is 231 g/mol. The van der Waals surface area contributed by atoms with Gasteiger partial charge in [-0.1, -0.05) is 0 Å². The Hall–Kier alpha value is -0.810. The summed E-state index contributed by atoms with van der Waals surface area (Å²) < 4.78 is 10.2. The zero-order valence-electron chi connectivity index (χ0n) is 10.4. The molecule has 0 radical (unpaired) electrons. The summed E-state index contributed by atoms with van der Waals surface area (Å²) in [6.45, 7) is 6.35. The molecule has 0 aromatic rings. The van der Waals surface area contributed by atoms with Crippen LogP contribution in [-0.4, -0.2) is 54.1 Å². The van der Waals surface area contributed by atoms with E-state index in [1.54, 1.807) is 12.0 Å². The van der Waals surface area contributed by atoms with Crippen molar-refractivity contribution >= 4 is 6.09 Å².